The van der Waals surface area contributed by atoms with Crippen molar-refractivity contribution in [2.24, 2.45) is 0 Å². The summed E-state index contributed by atoms with van der Waals surface area (Å²) in [5, 5.41) is 8.54. The first-order valence-corrected chi connectivity index (χ1v) is 6.90. The number of aliphatic carboxylic acids is 1. The zero-order chi connectivity index (χ0) is 12.7. The topological polar surface area (TPSA) is 66.8 Å². The summed E-state index contributed by atoms with van der Waals surface area (Å²) in [6.07, 6.45) is 3.64. The Labute approximate surface area is 105 Å². The van der Waals surface area contributed by atoms with Gasteiger partial charge in [0.1, 0.15) is 6.54 Å². The number of hydrogen-bond acceptors (Lipinski definition) is 4. The summed E-state index contributed by atoms with van der Waals surface area (Å²) in [5.74, 6) is 0.00528. The van der Waals surface area contributed by atoms with Crippen molar-refractivity contribution in [1.29, 1.82) is 0 Å². The minimum absolute atomic E-state index is 0.145. The number of nitrogens with zero attached hydrogens (tertiary/aromatic N) is 1. The van der Waals surface area contributed by atoms with E-state index in [1.54, 1.807) is 0 Å². The van der Waals surface area contributed by atoms with E-state index in [4.69, 9.17) is 9.84 Å². The van der Waals surface area contributed by atoms with E-state index in [2.05, 4.69) is 0 Å². The van der Waals surface area contributed by atoms with Crippen molar-refractivity contribution < 1.29 is 19.4 Å². The van der Waals surface area contributed by atoms with E-state index in [0.29, 0.717) is 5.75 Å². The van der Waals surface area contributed by atoms with Crippen LogP contribution < -0.4 is 0 Å². The van der Waals surface area contributed by atoms with Crippen molar-refractivity contribution in [3.05, 3.63) is 0 Å². The second kappa shape index (κ2) is 7.55. The van der Waals surface area contributed by atoms with Crippen LogP contribution in [0, 0.1) is 0 Å². The number of carboxylic acid groups (broad SMARTS) is 1. The average molecular weight is 261 g/mol. The number of amides is 1. The fraction of sp³-hybridized carbons (Fsp3) is 0.818. The molecule has 17 heavy (non-hydrogen) atoms. The van der Waals surface area contributed by atoms with Gasteiger partial charge >= 0.3 is 5.97 Å². The van der Waals surface area contributed by atoms with Crippen LogP contribution in [-0.4, -0.2) is 59.7 Å². The number of likely N-dealkylation sites (N-methyl/N-ethyl adjacent to an activating group) is 1. The number of hydrogen-bond donors (Lipinski definition) is 1. The molecule has 0 aliphatic carbocycles. The van der Waals surface area contributed by atoms with Crippen molar-refractivity contribution in [2.75, 3.05) is 31.7 Å². The van der Waals surface area contributed by atoms with Crippen molar-refractivity contribution >= 4 is 23.6 Å². The summed E-state index contributed by atoms with van der Waals surface area (Å²) >= 11 is 1.51. The Morgan fingerprint density at radius 3 is 2.82 bits per heavy atom. The highest BCUT2D eigenvalue weighted by atomic mass is 32.2. The summed E-state index contributed by atoms with van der Waals surface area (Å²) in [7, 11) is 1.51. The van der Waals surface area contributed by atoms with E-state index in [1.165, 1.54) is 30.1 Å². The number of carboxylic acids is 1. The molecular formula is C11H19NO4S. The van der Waals surface area contributed by atoms with E-state index in [0.717, 1.165) is 25.2 Å². The molecule has 5 nitrogen and oxygen atoms in total. The summed E-state index contributed by atoms with van der Waals surface area (Å²) in [6, 6.07) is 0. The quantitative estimate of drug-likeness (QED) is 0.767. The zero-order valence-corrected chi connectivity index (χ0v) is 10.9. The summed E-state index contributed by atoms with van der Waals surface area (Å²) in [6.45, 7) is 0.581. The van der Waals surface area contributed by atoms with Crippen LogP contribution >= 0.6 is 11.8 Å². The van der Waals surface area contributed by atoms with Gasteiger partial charge in [-0.05, 0) is 19.3 Å². The molecule has 1 saturated heterocycles. The van der Waals surface area contributed by atoms with Crippen LogP contribution in [0.4, 0.5) is 0 Å². The van der Waals surface area contributed by atoms with Crippen LogP contribution in [0.25, 0.3) is 0 Å². The first kappa shape index (κ1) is 14.3. The van der Waals surface area contributed by atoms with Crippen LogP contribution in [0.3, 0.4) is 0 Å². The van der Waals surface area contributed by atoms with Crippen molar-refractivity contribution in [1.82, 2.24) is 4.90 Å². The first-order valence-electron chi connectivity index (χ1n) is 5.74. The van der Waals surface area contributed by atoms with Crippen LogP contribution in [-0.2, 0) is 14.3 Å². The third kappa shape index (κ3) is 5.93. The minimum atomic E-state index is -0.985. The van der Waals surface area contributed by atoms with Crippen LogP contribution in [0.2, 0.25) is 0 Å². The molecule has 1 amide bonds. The normalized spacial score (nSPS) is 19.9. The maximum Gasteiger partial charge on any atom is 0.323 e. The van der Waals surface area contributed by atoms with Crippen molar-refractivity contribution in [3.63, 3.8) is 0 Å². The molecule has 1 aliphatic heterocycles. The molecule has 0 aromatic heterocycles. The molecule has 0 bridgehead atoms. The second-order valence-corrected chi connectivity index (χ2v) is 5.18. The molecule has 0 aromatic carbocycles. The summed E-state index contributed by atoms with van der Waals surface area (Å²) in [5.41, 5.74) is 0. The van der Waals surface area contributed by atoms with Gasteiger partial charge in [0, 0.05) is 19.4 Å². The first-order chi connectivity index (χ1) is 8.09. The molecule has 1 heterocycles. The van der Waals surface area contributed by atoms with Gasteiger partial charge in [0.05, 0.1) is 11.9 Å². The van der Waals surface area contributed by atoms with Crippen LogP contribution in [0.1, 0.15) is 19.3 Å². The van der Waals surface area contributed by atoms with Gasteiger partial charge in [0.2, 0.25) is 5.91 Å². The second-order valence-electron chi connectivity index (χ2n) is 4.15. The predicted octanol–water partition coefficient (Wildman–Crippen LogP) is 0.832. The smallest absolute Gasteiger partial charge is 0.323 e. The third-order valence-electron chi connectivity index (χ3n) is 2.60. The third-order valence-corrected chi connectivity index (χ3v) is 3.66. The molecule has 0 radical (unpaired) electrons. The molecular weight excluding hydrogens is 242 g/mol. The molecule has 0 saturated carbocycles. The lowest BCUT2D eigenvalue weighted by Crippen LogP contribution is -2.33. The molecule has 6 heteroatoms. The Balaban J connectivity index is 2.12. The van der Waals surface area contributed by atoms with Gasteiger partial charge < -0.3 is 14.7 Å². The van der Waals surface area contributed by atoms with Gasteiger partial charge in [-0.25, -0.2) is 0 Å². The van der Waals surface area contributed by atoms with Crippen molar-refractivity contribution in [2.45, 2.75) is 25.4 Å². The van der Waals surface area contributed by atoms with Gasteiger partial charge in [-0.1, -0.05) is 0 Å². The molecule has 1 unspecified atom stereocenters. The maximum atomic E-state index is 11.5. The highest BCUT2D eigenvalue weighted by Gasteiger charge is 2.16. The molecule has 98 valence electrons. The predicted molar refractivity (Wildman–Crippen MR) is 66.2 cm³/mol. The fourth-order valence-corrected chi connectivity index (χ4v) is 2.66. The van der Waals surface area contributed by atoms with E-state index in [1.807, 2.05) is 0 Å². The average Bonchev–Trinajstić information content (AvgIpc) is 2.29. The molecule has 1 aliphatic rings. The fourth-order valence-electron chi connectivity index (χ4n) is 1.62. The zero-order valence-electron chi connectivity index (χ0n) is 10.1. The number of ether oxygens (including phenoxy) is 1. The van der Waals surface area contributed by atoms with Crippen molar-refractivity contribution in [3.8, 4) is 0 Å². The molecule has 1 N–H and O–H groups in total. The molecule has 0 aromatic rings. The number of thioether (sulfide) groups is 1. The lowest BCUT2D eigenvalue weighted by molar-refractivity contribution is -0.142. The summed E-state index contributed by atoms with van der Waals surface area (Å²) < 4.78 is 5.54. The Bertz CT molecular complexity index is 266. The standard InChI is InChI=1S/C11H19NO4S/c1-12(6-11(14)15)10(13)8-17-7-9-4-2-3-5-16-9/h9H,2-8H2,1H3,(H,14,15). The Hall–Kier alpha value is -0.750. The highest BCUT2D eigenvalue weighted by molar-refractivity contribution is 7.99. The van der Waals surface area contributed by atoms with Gasteiger partial charge in [0.15, 0.2) is 0 Å². The SMILES string of the molecule is CN(CC(=O)O)C(=O)CSCC1CCCCO1. The van der Waals surface area contributed by atoms with E-state index in [9.17, 15) is 9.59 Å². The van der Waals surface area contributed by atoms with Gasteiger partial charge in [-0.2, -0.15) is 0 Å². The van der Waals surface area contributed by atoms with Crippen LogP contribution in [0.5, 0.6) is 0 Å². The van der Waals surface area contributed by atoms with Gasteiger partial charge in [-0.3, -0.25) is 9.59 Å². The molecule has 1 atom stereocenters. The Morgan fingerprint density at radius 2 is 2.24 bits per heavy atom. The maximum absolute atomic E-state index is 11.5. The highest BCUT2D eigenvalue weighted by Crippen LogP contribution is 2.17. The summed E-state index contributed by atoms with van der Waals surface area (Å²) in [4.78, 5) is 23.2. The van der Waals surface area contributed by atoms with E-state index in [-0.39, 0.29) is 18.6 Å². The van der Waals surface area contributed by atoms with Crippen LogP contribution in [0.15, 0.2) is 0 Å². The largest absolute Gasteiger partial charge is 0.480 e. The molecule has 1 rings (SSSR count). The van der Waals surface area contributed by atoms with E-state index >= 15 is 0 Å². The number of carbonyl (C=O) groups excluding carboxylic acids is 1. The molecule has 0 spiro atoms. The minimum Gasteiger partial charge on any atom is -0.480 e. The Kier molecular flexibility index (Phi) is 6.36. The molecule has 1 fully saturated rings. The monoisotopic (exact) mass is 261 g/mol. The van der Waals surface area contributed by atoms with E-state index < -0.39 is 5.97 Å². The number of rotatable bonds is 6. The lowest BCUT2D eigenvalue weighted by Gasteiger charge is -2.22. The lowest BCUT2D eigenvalue weighted by atomic mass is 10.1. The Morgan fingerprint density at radius 1 is 1.47 bits per heavy atom. The van der Waals surface area contributed by atoms with Gasteiger partial charge in [-0.15, -0.1) is 11.8 Å². The number of carbonyl (C=O) groups is 2. The van der Waals surface area contributed by atoms with Gasteiger partial charge in [0.25, 0.3) is 0 Å².